The van der Waals surface area contributed by atoms with Crippen LogP contribution in [0.2, 0.25) is 0 Å². The number of rotatable bonds is 23. The van der Waals surface area contributed by atoms with Crippen LogP contribution in [-0.2, 0) is 9.47 Å². The molecule has 0 saturated carbocycles. The summed E-state index contributed by atoms with van der Waals surface area (Å²) in [7, 11) is 3.55. The minimum Gasteiger partial charge on any atom is -0.378 e. The molecule has 0 radical (unpaired) electrons. The Balaban J connectivity index is 4.27. The number of ether oxygens (including phenoxy) is 2. The first-order valence-electron chi connectivity index (χ1n) is 17.1. The minimum atomic E-state index is -0.0876. The van der Waals surface area contributed by atoms with Crippen LogP contribution in [0.3, 0.4) is 0 Å². The fourth-order valence-electron chi connectivity index (χ4n) is 4.55. The molecular formula is C42H70O2. The van der Waals surface area contributed by atoms with Gasteiger partial charge in [0.25, 0.3) is 0 Å². The minimum absolute atomic E-state index is 0.0846. The summed E-state index contributed by atoms with van der Waals surface area (Å²) in [5, 5.41) is 0. The Morgan fingerprint density at radius 2 is 1.25 bits per heavy atom. The Morgan fingerprint density at radius 1 is 0.659 bits per heavy atom. The number of methoxy groups -OCH3 is 2. The summed E-state index contributed by atoms with van der Waals surface area (Å²) in [4.78, 5) is 0. The van der Waals surface area contributed by atoms with Gasteiger partial charge in [-0.3, -0.25) is 0 Å². The molecule has 0 spiro atoms. The van der Waals surface area contributed by atoms with Crippen LogP contribution in [0.25, 0.3) is 0 Å². The van der Waals surface area contributed by atoms with E-state index < -0.39 is 0 Å². The lowest BCUT2D eigenvalue weighted by Crippen LogP contribution is -2.20. The Hall–Kier alpha value is -2.16. The van der Waals surface area contributed by atoms with Crippen molar-refractivity contribution in [3.05, 3.63) is 95.2 Å². The van der Waals surface area contributed by atoms with E-state index in [1.807, 2.05) is 0 Å². The summed E-state index contributed by atoms with van der Waals surface area (Å²) in [6, 6.07) is 0. The van der Waals surface area contributed by atoms with Crippen molar-refractivity contribution in [3.63, 3.8) is 0 Å². The molecule has 0 amide bonds. The molecule has 0 bridgehead atoms. The van der Waals surface area contributed by atoms with Crippen LogP contribution in [0.1, 0.15) is 133 Å². The third-order valence-corrected chi connectivity index (χ3v) is 8.30. The van der Waals surface area contributed by atoms with Gasteiger partial charge in [0.1, 0.15) is 0 Å². The Bertz CT molecular complexity index is 1010. The molecule has 0 fully saturated rings. The van der Waals surface area contributed by atoms with Crippen LogP contribution in [-0.4, -0.2) is 25.4 Å². The van der Waals surface area contributed by atoms with Gasteiger partial charge < -0.3 is 9.47 Å². The number of unbranched alkanes of at least 4 members (excludes halogenated alkanes) is 1. The molecule has 2 heteroatoms. The highest BCUT2D eigenvalue weighted by molar-refractivity contribution is 5.26. The van der Waals surface area contributed by atoms with Gasteiger partial charge >= 0.3 is 0 Å². The molecule has 2 unspecified atom stereocenters. The number of hydrogen-bond acceptors (Lipinski definition) is 2. The van der Waals surface area contributed by atoms with Crippen molar-refractivity contribution in [2.75, 3.05) is 14.2 Å². The van der Waals surface area contributed by atoms with E-state index in [4.69, 9.17) is 9.47 Å². The summed E-state index contributed by atoms with van der Waals surface area (Å²) >= 11 is 0. The zero-order chi connectivity index (χ0) is 33.4. The van der Waals surface area contributed by atoms with Crippen molar-refractivity contribution in [1.82, 2.24) is 0 Å². The van der Waals surface area contributed by atoms with Crippen molar-refractivity contribution in [2.24, 2.45) is 11.8 Å². The number of hydrogen-bond donors (Lipinski definition) is 0. The molecule has 0 aromatic heterocycles. The molecule has 0 aliphatic carbocycles. The Morgan fingerprint density at radius 3 is 1.91 bits per heavy atom. The maximum atomic E-state index is 5.48. The van der Waals surface area contributed by atoms with Crippen LogP contribution in [0, 0.1) is 11.8 Å². The zero-order valence-corrected chi connectivity index (χ0v) is 31.0. The fourth-order valence-corrected chi connectivity index (χ4v) is 4.55. The van der Waals surface area contributed by atoms with E-state index in [9.17, 15) is 0 Å². The SMILES string of the molecule is COC(C)(C)C/C=C/C(C)=C/CC/C(C)=C/CCC(C)CCC/C=C(C)/C=C/C=C(C)/C=C/CC(C)/C=C/CC(C)(C)OC. The molecule has 0 N–H and O–H groups in total. The van der Waals surface area contributed by atoms with Gasteiger partial charge in [0.15, 0.2) is 0 Å². The molecule has 0 aliphatic heterocycles. The molecule has 2 atom stereocenters. The summed E-state index contributed by atoms with van der Waals surface area (Å²) in [5.41, 5.74) is 5.31. The van der Waals surface area contributed by atoms with Crippen molar-refractivity contribution in [3.8, 4) is 0 Å². The second-order valence-electron chi connectivity index (χ2n) is 14.2. The quantitative estimate of drug-likeness (QED) is 0.0654. The molecule has 2 nitrogen and oxygen atoms in total. The first-order valence-corrected chi connectivity index (χ1v) is 17.1. The fraction of sp³-hybridized carbons (Fsp3) is 0.619. The lowest BCUT2D eigenvalue weighted by molar-refractivity contribution is 0.0251. The van der Waals surface area contributed by atoms with E-state index in [0.717, 1.165) is 44.4 Å². The largest absolute Gasteiger partial charge is 0.378 e. The second-order valence-corrected chi connectivity index (χ2v) is 14.2. The Labute approximate surface area is 274 Å². The van der Waals surface area contributed by atoms with Gasteiger partial charge in [-0.15, -0.1) is 0 Å². The predicted molar refractivity (Wildman–Crippen MR) is 198 cm³/mol. The van der Waals surface area contributed by atoms with Crippen molar-refractivity contribution in [2.45, 2.75) is 145 Å². The summed E-state index contributed by atoms with van der Waals surface area (Å²) < 4.78 is 11.0. The van der Waals surface area contributed by atoms with Crippen LogP contribution in [0.4, 0.5) is 0 Å². The predicted octanol–water partition coefficient (Wildman–Crippen LogP) is 13.0. The normalized spacial score (nSPS) is 16.4. The molecule has 0 aromatic carbocycles. The Kier molecular flexibility index (Phi) is 22.9. The van der Waals surface area contributed by atoms with Crippen molar-refractivity contribution < 1.29 is 9.47 Å². The summed E-state index contributed by atoms with van der Waals surface area (Å²) in [5.74, 6) is 1.31. The average Bonchev–Trinajstić information content (AvgIpc) is 2.95. The lowest BCUT2D eigenvalue weighted by Gasteiger charge is -2.20. The zero-order valence-electron chi connectivity index (χ0n) is 31.0. The van der Waals surface area contributed by atoms with Gasteiger partial charge in [0, 0.05) is 14.2 Å². The van der Waals surface area contributed by atoms with E-state index in [1.54, 1.807) is 14.2 Å². The topological polar surface area (TPSA) is 18.5 Å². The molecule has 0 heterocycles. The summed E-state index contributed by atoms with van der Waals surface area (Å²) in [6.07, 6.45) is 38.7. The molecule has 0 rings (SSSR count). The van der Waals surface area contributed by atoms with Crippen LogP contribution < -0.4 is 0 Å². The van der Waals surface area contributed by atoms with Crippen molar-refractivity contribution >= 4 is 0 Å². The molecular weight excluding hydrogens is 536 g/mol. The summed E-state index contributed by atoms with van der Waals surface area (Å²) in [6.45, 7) is 22.0. The number of allylic oxidation sites excluding steroid dienone is 14. The van der Waals surface area contributed by atoms with E-state index in [0.29, 0.717) is 5.92 Å². The lowest BCUT2D eigenvalue weighted by atomic mass is 9.97. The highest BCUT2D eigenvalue weighted by Gasteiger charge is 2.14. The highest BCUT2D eigenvalue weighted by atomic mass is 16.5. The standard InChI is InChI=1S/C42H70O2/c1-35(23-15-25-37(3)27-17-29-39(5)31-19-33-41(7,8)43-11)21-13-14-22-36(2)24-16-26-38(4)28-18-30-40(6)32-20-34-42(9,10)44-12/h15,17,19-21,23,25-27,30-32,36,39H,13-14,16,18,22,24,28-29,33-34H2,1-12H3/b23-15+,27-17+,31-19+,32-20+,35-21+,37-25+,38-26+,40-30+. The first kappa shape index (κ1) is 41.8. The highest BCUT2D eigenvalue weighted by Crippen LogP contribution is 2.18. The first-order chi connectivity index (χ1) is 20.7. The molecule has 0 saturated heterocycles. The monoisotopic (exact) mass is 607 g/mol. The van der Waals surface area contributed by atoms with Crippen LogP contribution in [0.15, 0.2) is 95.2 Å². The van der Waals surface area contributed by atoms with E-state index in [-0.39, 0.29) is 11.2 Å². The second kappa shape index (κ2) is 24.1. The molecule has 44 heavy (non-hydrogen) atoms. The van der Waals surface area contributed by atoms with Gasteiger partial charge in [-0.25, -0.2) is 0 Å². The van der Waals surface area contributed by atoms with Crippen LogP contribution in [0.5, 0.6) is 0 Å². The van der Waals surface area contributed by atoms with Gasteiger partial charge in [0.2, 0.25) is 0 Å². The molecule has 0 aromatic rings. The molecule has 0 aliphatic rings. The van der Waals surface area contributed by atoms with E-state index in [2.05, 4.69) is 142 Å². The van der Waals surface area contributed by atoms with Gasteiger partial charge in [-0.05, 0) is 125 Å². The van der Waals surface area contributed by atoms with Gasteiger partial charge in [-0.2, -0.15) is 0 Å². The average molecular weight is 607 g/mol. The van der Waals surface area contributed by atoms with E-state index in [1.165, 1.54) is 48.0 Å². The maximum absolute atomic E-state index is 5.48. The molecule has 250 valence electrons. The third kappa shape index (κ3) is 25.2. The smallest absolute Gasteiger partial charge is 0.0657 e. The van der Waals surface area contributed by atoms with Gasteiger partial charge in [0.05, 0.1) is 11.2 Å². The van der Waals surface area contributed by atoms with Gasteiger partial charge in [-0.1, -0.05) is 115 Å². The van der Waals surface area contributed by atoms with Crippen molar-refractivity contribution in [1.29, 1.82) is 0 Å². The third-order valence-electron chi connectivity index (χ3n) is 8.30. The van der Waals surface area contributed by atoms with E-state index >= 15 is 0 Å². The van der Waals surface area contributed by atoms with Crippen LogP contribution >= 0.6 is 0 Å². The maximum Gasteiger partial charge on any atom is 0.0657 e.